The first-order valence-electron chi connectivity index (χ1n) is 9.83. The molecule has 28 heavy (non-hydrogen) atoms. The van der Waals surface area contributed by atoms with Crippen molar-refractivity contribution in [3.05, 3.63) is 71.3 Å². The Balaban J connectivity index is 1.60. The van der Waals surface area contributed by atoms with Gasteiger partial charge in [0.25, 0.3) is 0 Å². The predicted octanol–water partition coefficient (Wildman–Crippen LogP) is 2.83. The highest BCUT2D eigenvalue weighted by Crippen LogP contribution is 2.37. The molecular formula is C22H26N2O3S. The van der Waals surface area contributed by atoms with Gasteiger partial charge in [-0.2, -0.15) is 0 Å². The van der Waals surface area contributed by atoms with E-state index in [2.05, 4.69) is 30.3 Å². The molecule has 1 amide bonds. The zero-order chi connectivity index (χ0) is 19.7. The lowest BCUT2D eigenvalue weighted by Gasteiger charge is -2.41. The molecule has 0 spiro atoms. The number of carbonyl (C=O) groups is 1. The van der Waals surface area contributed by atoms with Crippen LogP contribution in [-0.2, 0) is 21.2 Å². The number of benzene rings is 2. The van der Waals surface area contributed by atoms with E-state index in [1.165, 1.54) is 21.7 Å². The van der Waals surface area contributed by atoms with Crippen LogP contribution >= 0.6 is 0 Å². The molecule has 0 N–H and O–H groups in total. The van der Waals surface area contributed by atoms with Crippen LogP contribution in [0, 0.1) is 5.92 Å². The fourth-order valence-electron chi connectivity index (χ4n) is 4.47. The van der Waals surface area contributed by atoms with Crippen LogP contribution in [0.4, 0.5) is 0 Å². The molecule has 6 heteroatoms. The number of amides is 1. The van der Waals surface area contributed by atoms with Crippen molar-refractivity contribution in [1.82, 2.24) is 9.21 Å². The Morgan fingerprint density at radius 3 is 2.25 bits per heavy atom. The summed E-state index contributed by atoms with van der Waals surface area (Å²) in [6.07, 6.45) is 3.27. The second-order valence-corrected chi connectivity index (χ2v) is 9.71. The molecule has 2 aromatic carbocycles. The summed E-state index contributed by atoms with van der Waals surface area (Å²) in [6.45, 7) is 1.55. The monoisotopic (exact) mass is 398 g/mol. The summed E-state index contributed by atoms with van der Waals surface area (Å²) in [6, 6.07) is 18.5. The molecule has 5 nitrogen and oxygen atoms in total. The van der Waals surface area contributed by atoms with Gasteiger partial charge in [0.15, 0.2) is 0 Å². The Morgan fingerprint density at radius 1 is 0.929 bits per heavy atom. The molecule has 1 atom stereocenters. The second-order valence-electron chi connectivity index (χ2n) is 7.73. The minimum atomic E-state index is -3.19. The van der Waals surface area contributed by atoms with Gasteiger partial charge in [0.05, 0.1) is 12.3 Å². The van der Waals surface area contributed by atoms with Crippen molar-refractivity contribution in [1.29, 1.82) is 0 Å². The number of hydrogen-bond acceptors (Lipinski definition) is 3. The van der Waals surface area contributed by atoms with Gasteiger partial charge in [-0.15, -0.1) is 0 Å². The largest absolute Gasteiger partial charge is 0.331 e. The lowest BCUT2D eigenvalue weighted by molar-refractivity contribution is -0.138. The highest BCUT2D eigenvalue weighted by Gasteiger charge is 2.37. The number of nitrogens with zero attached hydrogens (tertiary/aromatic N) is 2. The van der Waals surface area contributed by atoms with Crippen LogP contribution in [0.15, 0.2) is 54.6 Å². The average molecular weight is 399 g/mol. The van der Waals surface area contributed by atoms with Gasteiger partial charge in [0, 0.05) is 25.6 Å². The van der Waals surface area contributed by atoms with Crippen molar-refractivity contribution in [2.24, 2.45) is 5.92 Å². The standard InChI is InChI=1S/C22H26N2O3S/c1-28(26,27)23-14-11-19(12-15-23)22(25)24-16-13-17-7-5-6-10-20(17)21(24)18-8-3-2-4-9-18/h2-10,19,21H,11-16H2,1H3/t21-/m1/s1. The third-order valence-corrected chi connectivity index (χ3v) is 7.26. The summed E-state index contributed by atoms with van der Waals surface area (Å²) in [5.41, 5.74) is 3.62. The molecule has 4 rings (SSSR count). The maximum Gasteiger partial charge on any atom is 0.226 e. The fourth-order valence-corrected chi connectivity index (χ4v) is 5.34. The minimum absolute atomic E-state index is 0.0772. The highest BCUT2D eigenvalue weighted by molar-refractivity contribution is 7.88. The molecule has 1 fully saturated rings. The number of carbonyl (C=O) groups excluding carboxylic acids is 1. The van der Waals surface area contributed by atoms with Crippen molar-refractivity contribution < 1.29 is 13.2 Å². The number of rotatable bonds is 3. The lowest BCUT2D eigenvalue weighted by atomic mass is 9.86. The zero-order valence-corrected chi connectivity index (χ0v) is 16.9. The van der Waals surface area contributed by atoms with Crippen LogP contribution in [0.25, 0.3) is 0 Å². The van der Waals surface area contributed by atoms with Gasteiger partial charge in [0.1, 0.15) is 0 Å². The molecule has 0 aliphatic carbocycles. The first-order valence-corrected chi connectivity index (χ1v) is 11.7. The van der Waals surface area contributed by atoms with Gasteiger partial charge < -0.3 is 4.90 Å². The normalized spacial score (nSPS) is 21.3. The molecule has 2 heterocycles. The van der Waals surface area contributed by atoms with E-state index in [9.17, 15) is 13.2 Å². The van der Waals surface area contributed by atoms with E-state index in [-0.39, 0.29) is 17.9 Å². The maximum absolute atomic E-state index is 13.5. The molecule has 2 aliphatic rings. The molecule has 2 aliphatic heterocycles. The molecule has 0 unspecified atom stereocenters. The van der Waals surface area contributed by atoms with E-state index in [0.717, 1.165) is 12.0 Å². The molecule has 148 valence electrons. The van der Waals surface area contributed by atoms with Crippen molar-refractivity contribution in [2.75, 3.05) is 25.9 Å². The molecule has 0 bridgehead atoms. The topological polar surface area (TPSA) is 57.7 Å². The van der Waals surface area contributed by atoms with Gasteiger partial charge in [-0.05, 0) is 36.0 Å². The van der Waals surface area contributed by atoms with E-state index < -0.39 is 10.0 Å². The van der Waals surface area contributed by atoms with Crippen molar-refractivity contribution in [3.63, 3.8) is 0 Å². The van der Waals surface area contributed by atoms with Crippen LogP contribution in [0.1, 0.15) is 35.6 Å². The maximum atomic E-state index is 13.5. The molecule has 1 saturated heterocycles. The SMILES string of the molecule is CS(=O)(=O)N1CCC(C(=O)N2CCc3ccccc3[C@H]2c2ccccc2)CC1. The number of piperidine rings is 1. The van der Waals surface area contributed by atoms with Gasteiger partial charge in [0.2, 0.25) is 15.9 Å². The van der Waals surface area contributed by atoms with Gasteiger partial charge >= 0.3 is 0 Å². The molecule has 2 aromatic rings. The van der Waals surface area contributed by atoms with Crippen molar-refractivity contribution >= 4 is 15.9 Å². The van der Waals surface area contributed by atoms with Crippen LogP contribution < -0.4 is 0 Å². The van der Waals surface area contributed by atoms with Crippen molar-refractivity contribution in [3.8, 4) is 0 Å². The zero-order valence-electron chi connectivity index (χ0n) is 16.1. The van der Waals surface area contributed by atoms with Crippen LogP contribution in [0.2, 0.25) is 0 Å². The summed E-state index contributed by atoms with van der Waals surface area (Å²) in [4.78, 5) is 15.5. The smallest absolute Gasteiger partial charge is 0.226 e. The van der Waals surface area contributed by atoms with E-state index >= 15 is 0 Å². The lowest BCUT2D eigenvalue weighted by Crippen LogP contribution is -2.47. The van der Waals surface area contributed by atoms with E-state index in [1.807, 2.05) is 29.2 Å². The summed E-state index contributed by atoms with van der Waals surface area (Å²) >= 11 is 0. The minimum Gasteiger partial charge on any atom is -0.331 e. The Kier molecular flexibility index (Phi) is 5.25. The summed E-state index contributed by atoms with van der Waals surface area (Å²) < 4.78 is 25.0. The van der Waals surface area contributed by atoms with Gasteiger partial charge in [-0.3, -0.25) is 4.79 Å². The molecule has 0 radical (unpaired) electrons. The van der Waals surface area contributed by atoms with E-state index in [0.29, 0.717) is 32.5 Å². The van der Waals surface area contributed by atoms with Gasteiger partial charge in [-0.25, -0.2) is 12.7 Å². The number of hydrogen-bond donors (Lipinski definition) is 0. The number of fused-ring (bicyclic) bond motifs is 1. The Labute approximate surface area is 167 Å². The Morgan fingerprint density at radius 2 is 1.57 bits per heavy atom. The quantitative estimate of drug-likeness (QED) is 0.799. The van der Waals surface area contributed by atoms with Crippen LogP contribution in [0.5, 0.6) is 0 Å². The third kappa shape index (κ3) is 3.71. The molecule has 0 saturated carbocycles. The fraction of sp³-hybridized carbons (Fsp3) is 0.409. The first kappa shape index (κ1) is 19.2. The van der Waals surface area contributed by atoms with Crippen molar-refractivity contribution in [2.45, 2.75) is 25.3 Å². The number of sulfonamides is 1. The predicted molar refractivity (Wildman–Crippen MR) is 109 cm³/mol. The van der Waals surface area contributed by atoms with E-state index in [4.69, 9.17) is 0 Å². The first-order chi connectivity index (χ1) is 13.4. The summed E-state index contributed by atoms with van der Waals surface area (Å²) in [5, 5.41) is 0. The highest BCUT2D eigenvalue weighted by atomic mass is 32.2. The average Bonchev–Trinajstić information content (AvgIpc) is 2.72. The Hall–Kier alpha value is -2.18. The molecular weight excluding hydrogens is 372 g/mol. The van der Waals surface area contributed by atoms with Gasteiger partial charge in [-0.1, -0.05) is 54.6 Å². The van der Waals surface area contributed by atoms with E-state index in [1.54, 1.807) is 0 Å². The third-order valence-electron chi connectivity index (χ3n) is 5.95. The van der Waals surface area contributed by atoms with Crippen LogP contribution in [-0.4, -0.2) is 49.4 Å². The Bertz CT molecular complexity index is 951. The van der Waals surface area contributed by atoms with Crippen LogP contribution in [0.3, 0.4) is 0 Å². The summed E-state index contributed by atoms with van der Waals surface area (Å²) in [5.74, 6) is 0.0333. The summed E-state index contributed by atoms with van der Waals surface area (Å²) in [7, 11) is -3.19. The second kappa shape index (κ2) is 7.68. The molecule has 0 aromatic heterocycles.